The van der Waals surface area contributed by atoms with E-state index in [-0.39, 0.29) is 6.61 Å². The number of rotatable bonds is 5. The molecular formula is C7H16O2. The molecular weight excluding hydrogens is 116 g/mol. The molecule has 0 spiro atoms. The van der Waals surface area contributed by atoms with Crippen LogP contribution in [0.15, 0.2) is 0 Å². The van der Waals surface area contributed by atoms with E-state index < -0.39 is 0 Å². The van der Waals surface area contributed by atoms with E-state index in [0.29, 0.717) is 5.92 Å². The fourth-order valence-corrected chi connectivity index (χ4v) is 0.520. The largest absolute Gasteiger partial charge is 0.396 e. The van der Waals surface area contributed by atoms with Crippen LogP contribution in [0.3, 0.4) is 0 Å². The fraction of sp³-hybridized carbons (Fsp3) is 1.00. The third-order valence-electron chi connectivity index (χ3n) is 1.27. The molecule has 0 amide bonds. The van der Waals surface area contributed by atoms with Gasteiger partial charge in [0, 0.05) is 19.8 Å². The zero-order valence-electron chi connectivity index (χ0n) is 6.26. The summed E-state index contributed by atoms with van der Waals surface area (Å²) in [6.45, 7) is 5.81. The lowest BCUT2D eigenvalue weighted by molar-refractivity contribution is 0.120. The average Bonchev–Trinajstić information content (AvgIpc) is 1.89. The number of ether oxygens (including phenoxy) is 1. The van der Waals surface area contributed by atoms with E-state index in [9.17, 15) is 0 Å². The molecule has 0 radical (unpaired) electrons. The normalized spacial score (nSPS) is 13.7. The van der Waals surface area contributed by atoms with Gasteiger partial charge in [0.25, 0.3) is 0 Å². The molecule has 0 fully saturated rings. The second-order valence-corrected chi connectivity index (χ2v) is 2.27. The number of aliphatic hydroxyl groups is 1. The zero-order valence-corrected chi connectivity index (χ0v) is 6.26. The molecule has 0 bridgehead atoms. The predicted molar refractivity (Wildman–Crippen MR) is 37.4 cm³/mol. The van der Waals surface area contributed by atoms with Crippen molar-refractivity contribution in [3.8, 4) is 0 Å². The number of aliphatic hydroxyl groups excluding tert-OH is 1. The summed E-state index contributed by atoms with van der Waals surface area (Å²) in [5.74, 6) is 0.386. The molecule has 56 valence electrons. The van der Waals surface area contributed by atoms with Gasteiger partial charge in [-0.2, -0.15) is 0 Å². The van der Waals surface area contributed by atoms with E-state index in [2.05, 4.69) is 0 Å². The highest BCUT2D eigenvalue weighted by atomic mass is 16.5. The molecule has 0 aliphatic carbocycles. The van der Waals surface area contributed by atoms with Crippen molar-refractivity contribution in [2.24, 2.45) is 5.92 Å². The third-order valence-corrected chi connectivity index (χ3v) is 1.27. The summed E-state index contributed by atoms with van der Waals surface area (Å²) in [6, 6.07) is 0. The molecule has 2 nitrogen and oxygen atoms in total. The van der Waals surface area contributed by atoms with Crippen LogP contribution in [-0.4, -0.2) is 24.9 Å². The topological polar surface area (TPSA) is 29.5 Å². The SMILES string of the molecule is CCOCCC(C)CO. The summed E-state index contributed by atoms with van der Waals surface area (Å²) in [7, 11) is 0. The van der Waals surface area contributed by atoms with Gasteiger partial charge in [-0.05, 0) is 19.3 Å². The van der Waals surface area contributed by atoms with E-state index >= 15 is 0 Å². The summed E-state index contributed by atoms with van der Waals surface area (Å²) >= 11 is 0. The quantitative estimate of drug-likeness (QED) is 0.566. The monoisotopic (exact) mass is 132 g/mol. The lowest BCUT2D eigenvalue weighted by Gasteiger charge is -2.05. The van der Waals surface area contributed by atoms with Gasteiger partial charge in [0.15, 0.2) is 0 Å². The highest BCUT2D eigenvalue weighted by Crippen LogP contribution is 1.98. The Balaban J connectivity index is 2.88. The van der Waals surface area contributed by atoms with Gasteiger partial charge in [-0.3, -0.25) is 0 Å². The van der Waals surface area contributed by atoms with Crippen LogP contribution < -0.4 is 0 Å². The van der Waals surface area contributed by atoms with Crippen molar-refractivity contribution in [1.82, 2.24) is 0 Å². The summed E-state index contributed by atoms with van der Waals surface area (Å²) < 4.78 is 5.09. The van der Waals surface area contributed by atoms with Crippen molar-refractivity contribution in [2.45, 2.75) is 20.3 Å². The molecule has 0 rings (SSSR count). The van der Waals surface area contributed by atoms with Gasteiger partial charge in [0.1, 0.15) is 0 Å². The Kier molecular flexibility index (Phi) is 5.99. The van der Waals surface area contributed by atoms with E-state index in [1.165, 1.54) is 0 Å². The van der Waals surface area contributed by atoms with Crippen LogP contribution in [0.5, 0.6) is 0 Å². The summed E-state index contributed by atoms with van der Waals surface area (Å²) in [6.07, 6.45) is 0.963. The van der Waals surface area contributed by atoms with Crippen LogP contribution in [-0.2, 0) is 4.74 Å². The van der Waals surface area contributed by atoms with Crippen LogP contribution >= 0.6 is 0 Å². The van der Waals surface area contributed by atoms with Crippen molar-refractivity contribution < 1.29 is 9.84 Å². The Morgan fingerprint density at radius 1 is 1.56 bits per heavy atom. The molecule has 0 aromatic carbocycles. The summed E-state index contributed by atoms with van der Waals surface area (Å²) in [5.41, 5.74) is 0. The molecule has 0 heterocycles. The van der Waals surface area contributed by atoms with Gasteiger partial charge in [-0.1, -0.05) is 6.92 Å². The van der Waals surface area contributed by atoms with Crippen LogP contribution in [0.2, 0.25) is 0 Å². The first kappa shape index (κ1) is 8.92. The van der Waals surface area contributed by atoms with Gasteiger partial charge in [-0.25, -0.2) is 0 Å². The van der Waals surface area contributed by atoms with E-state index in [0.717, 1.165) is 19.6 Å². The van der Waals surface area contributed by atoms with Gasteiger partial charge < -0.3 is 9.84 Å². The Morgan fingerprint density at radius 3 is 2.67 bits per heavy atom. The minimum absolute atomic E-state index is 0.271. The van der Waals surface area contributed by atoms with Gasteiger partial charge in [-0.15, -0.1) is 0 Å². The predicted octanol–water partition coefficient (Wildman–Crippen LogP) is 1.04. The highest BCUT2D eigenvalue weighted by molar-refractivity contribution is 4.47. The first-order valence-electron chi connectivity index (χ1n) is 3.49. The fourth-order valence-electron chi connectivity index (χ4n) is 0.520. The van der Waals surface area contributed by atoms with Crippen LogP contribution in [0.1, 0.15) is 20.3 Å². The number of hydrogen-bond donors (Lipinski definition) is 1. The van der Waals surface area contributed by atoms with E-state index in [4.69, 9.17) is 9.84 Å². The second-order valence-electron chi connectivity index (χ2n) is 2.27. The maximum Gasteiger partial charge on any atom is 0.0469 e. The van der Waals surface area contributed by atoms with Crippen molar-refractivity contribution >= 4 is 0 Å². The molecule has 0 saturated carbocycles. The molecule has 1 unspecified atom stereocenters. The Hall–Kier alpha value is -0.0800. The smallest absolute Gasteiger partial charge is 0.0469 e. The highest BCUT2D eigenvalue weighted by Gasteiger charge is 1.97. The maximum atomic E-state index is 8.58. The molecule has 0 aromatic heterocycles. The summed E-state index contributed by atoms with van der Waals surface area (Å²) in [5, 5.41) is 8.58. The number of hydrogen-bond acceptors (Lipinski definition) is 2. The minimum Gasteiger partial charge on any atom is -0.396 e. The summed E-state index contributed by atoms with van der Waals surface area (Å²) in [4.78, 5) is 0. The van der Waals surface area contributed by atoms with Crippen LogP contribution in [0.25, 0.3) is 0 Å². The Labute approximate surface area is 56.8 Å². The molecule has 0 aliphatic rings. The van der Waals surface area contributed by atoms with Crippen molar-refractivity contribution in [3.63, 3.8) is 0 Å². The zero-order chi connectivity index (χ0) is 7.11. The van der Waals surface area contributed by atoms with Crippen molar-refractivity contribution in [2.75, 3.05) is 19.8 Å². The van der Waals surface area contributed by atoms with Gasteiger partial charge in [0.05, 0.1) is 0 Å². The molecule has 9 heavy (non-hydrogen) atoms. The van der Waals surface area contributed by atoms with E-state index in [1.807, 2.05) is 13.8 Å². The van der Waals surface area contributed by atoms with Gasteiger partial charge >= 0.3 is 0 Å². The van der Waals surface area contributed by atoms with Crippen molar-refractivity contribution in [1.29, 1.82) is 0 Å². The Bertz CT molecular complexity index is 54.9. The molecule has 0 aromatic rings. The lowest BCUT2D eigenvalue weighted by Crippen LogP contribution is -2.05. The first-order chi connectivity index (χ1) is 4.31. The third kappa shape index (κ3) is 5.80. The van der Waals surface area contributed by atoms with Crippen LogP contribution in [0.4, 0.5) is 0 Å². The van der Waals surface area contributed by atoms with Crippen LogP contribution in [0, 0.1) is 5.92 Å². The Morgan fingerprint density at radius 2 is 2.22 bits per heavy atom. The molecule has 0 aliphatic heterocycles. The maximum absolute atomic E-state index is 8.58. The van der Waals surface area contributed by atoms with Crippen molar-refractivity contribution in [3.05, 3.63) is 0 Å². The molecule has 1 atom stereocenters. The first-order valence-corrected chi connectivity index (χ1v) is 3.49. The molecule has 1 N–H and O–H groups in total. The van der Waals surface area contributed by atoms with Gasteiger partial charge in [0.2, 0.25) is 0 Å². The molecule has 2 heteroatoms. The minimum atomic E-state index is 0.271. The van der Waals surface area contributed by atoms with E-state index in [1.54, 1.807) is 0 Å². The average molecular weight is 132 g/mol. The lowest BCUT2D eigenvalue weighted by atomic mass is 10.1. The molecule has 0 saturated heterocycles. The standard InChI is InChI=1S/C7H16O2/c1-3-9-5-4-7(2)6-8/h7-8H,3-6H2,1-2H3. The second kappa shape index (κ2) is 6.05.